The quantitative estimate of drug-likeness (QED) is 0.580. The predicted molar refractivity (Wildman–Crippen MR) is 47.6 cm³/mol. The molecule has 1 atom stereocenters. The minimum absolute atomic E-state index is 0.0363. The van der Waals surface area contributed by atoms with Gasteiger partial charge in [0.1, 0.15) is 0 Å². The normalized spacial score (nSPS) is 29.1. The SMILES string of the molecule is O=C1NCCN1CC1CNCCO1. The molecule has 0 aromatic carbocycles. The lowest BCUT2D eigenvalue weighted by Crippen LogP contribution is -2.46. The minimum Gasteiger partial charge on any atom is -0.374 e. The van der Waals surface area contributed by atoms with Crippen LogP contribution in [0, 0.1) is 0 Å². The Kier molecular flexibility index (Phi) is 2.65. The fourth-order valence-corrected chi connectivity index (χ4v) is 1.67. The van der Waals surface area contributed by atoms with Crippen LogP contribution < -0.4 is 10.6 Å². The molecule has 2 amide bonds. The Bertz CT molecular complexity index is 192. The van der Waals surface area contributed by atoms with Gasteiger partial charge in [-0.3, -0.25) is 0 Å². The molecule has 1 unspecified atom stereocenters. The van der Waals surface area contributed by atoms with E-state index in [0.717, 1.165) is 32.8 Å². The summed E-state index contributed by atoms with van der Waals surface area (Å²) in [5.74, 6) is 0. The summed E-state index contributed by atoms with van der Waals surface area (Å²) in [6, 6.07) is 0.0363. The number of urea groups is 1. The van der Waals surface area contributed by atoms with E-state index in [1.165, 1.54) is 0 Å². The number of morpholine rings is 1. The molecule has 13 heavy (non-hydrogen) atoms. The Morgan fingerprint density at radius 2 is 2.46 bits per heavy atom. The molecule has 0 radical (unpaired) electrons. The largest absolute Gasteiger partial charge is 0.374 e. The summed E-state index contributed by atoms with van der Waals surface area (Å²) in [4.78, 5) is 13.0. The van der Waals surface area contributed by atoms with Crippen LogP contribution in [-0.2, 0) is 4.74 Å². The second-order valence-electron chi connectivity index (χ2n) is 3.37. The number of ether oxygens (including phenoxy) is 1. The molecule has 2 N–H and O–H groups in total. The van der Waals surface area contributed by atoms with E-state index in [1.807, 2.05) is 0 Å². The highest BCUT2D eigenvalue weighted by atomic mass is 16.5. The first-order valence-electron chi connectivity index (χ1n) is 4.71. The van der Waals surface area contributed by atoms with Gasteiger partial charge in [-0.15, -0.1) is 0 Å². The standard InChI is InChI=1S/C8H15N3O2/c12-8-10-1-3-11(8)6-7-5-9-2-4-13-7/h7,9H,1-6H2,(H,10,12). The van der Waals surface area contributed by atoms with E-state index >= 15 is 0 Å². The van der Waals surface area contributed by atoms with Crippen molar-refractivity contribution in [1.29, 1.82) is 0 Å². The van der Waals surface area contributed by atoms with Crippen LogP contribution in [0.3, 0.4) is 0 Å². The molecular formula is C8H15N3O2. The third kappa shape index (κ3) is 2.10. The maximum Gasteiger partial charge on any atom is 0.317 e. The summed E-state index contributed by atoms with van der Waals surface area (Å²) in [6.45, 7) is 4.79. The van der Waals surface area contributed by atoms with Gasteiger partial charge >= 0.3 is 6.03 Å². The van der Waals surface area contributed by atoms with Crippen molar-refractivity contribution in [2.24, 2.45) is 0 Å². The third-order valence-electron chi connectivity index (χ3n) is 2.37. The lowest BCUT2D eigenvalue weighted by atomic mass is 10.3. The fourth-order valence-electron chi connectivity index (χ4n) is 1.67. The van der Waals surface area contributed by atoms with E-state index in [0.29, 0.717) is 6.54 Å². The van der Waals surface area contributed by atoms with E-state index in [2.05, 4.69) is 10.6 Å². The smallest absolute Gasteiger partial charge is 0.317 e. The van der Waals surface area contributed by atoms with Crippen molar-refractivity contribution >= 4 is 6.03 Å². The molecule has 2 heterocycles. The van der Waals surface area contributed by atoms with Crippen LogP contribution in [0.2, 0.25) is 0 Å². The van der Waals surface area contributed by atoms with Crippen molar-refractivity contribution in [2.75, 3.05) is 39.3 Å². The van der Waals surface area contributed by atoms with E-state index in [1.54, 1.807) is 4.90 Å². The predicted octanol–water partition coefficient (Wildman–Crippen LogP) is -1.000. The average molecular weight is 185 g/mol. The molecule has 0 saturated carbocycles. The molecule has 0 spiro atoms. The Morgan fingerprint density at radius 3 is 3.08 bits per heavy atom. The van der Waals surface area contributed by atoms with Crippen molar-refractivity contribution in [1.82, 2.24) is 15.5 Å². The van der Waals surface area contributed by atoms with Crippen LogP contribution >= 0.6 is 0 Å². The van der Waals surface area contributed by atoms with Gasteiger partial charge in [0.05, 0.1) is 12.7 Å². The van der Waals surface area contributed by atoms with Crippen molar-refractivity contribution < 1.29 is 9.53 Å². The molecule has 2 fully saturated rings. The number of nitrogens with zero attached hydrogens (tertiary/aromatic N) is 1. The molecule has 2 rings (SSSR count). The number of carbonyl (C=O) groups excluding carboxylic acids is 1. The zero-order valence-corrected chi connectivity index (χ0v) is 7.58. The highest BCUT2D eigenvalue weighted by Gasteiger charge is 2.24. The maximum absolute atomic E-state index is 11.2. The second kappa shape index (κ2) is 3.93. The summed E-state index contributed by atoms with van der Waals surface area (Å²) < 4.78 is 5.50. The summed E-state index contributed by atoms with van der Waals surface area (Å²) in [5, 5.41) is 6.01. The summed E-state index contributed by atoms with van der Waals surface area (Å²) >= 11 is 0. The first-order valence-corrected chi connectivity index (χ1v) is 4.71. The van der Waals surface area contributed by atoms with Gasteiger partial charge in [0.15, 0.2) is 0 Å². The van der Waals surface area contributed by atoms with Gasteiger partial charge in [-0.2, -0.15) is 0 Å². The van der Waals surface area contributed by atoms with E-state index in [-0.39, 0.29) is 12.1 Å². The van der Waals surface area contributed by atoms with Gasteiger partial charge in [0.25, 0.3) is 0 Å². The van der Waals surface area contributed by atoms with Gasteiger partial charge in [-0.1, -0.05) is 0 Å². The van der Waals surface area contributed by atoms with Gasteiger partial charge in [0.2, 0.25) is 0 Å². The molecule has 2 aliphatic heterocycles. The lowest BCUT2D eigenvalue weighted by molar-refractivity contribution is 0.0149. The molecule has 2 aliphatic rings. The second-order valence-corrected chi connectivity index (χ2v) is 3.37. The van der Waals surface area contributed by atoms with Crippen LogP contribution in [0.5, 0.6) is 0 Å². The first kappa shape index (κ1) is 8.77. The summed E-state index contributed by atoms with van der Waals surface area (Å²) in [6.07, 6.45) is 0.164. The Hall–Kier alpha value is -0.810. The van der Waals surface area contributed by atoms with E-state index < -0.39 is 0 Å². The molecule has 5 nitrogen and oxygen atoms in total. The van der Waals surface area contributed by atoms with Crippen LogP contribution in [-0.4, -0.2) is 56.4 Å². The zero-order valence-electron chi connectivity index (χ0n) is 7.58. The monoisotopic (exact) mass is 185 g/mol. The number of hydrogen-bond donors (Lipinski definition) is 2. The highest BCUT2D eigenvalue weighted by molar-refractivity contribution is 5.76. The zero-order chi connectivity index (χ0) is 9.10. The van der Waals surface area contributed by atoms with Gasteiger partial charge in [0, 0.05) is 32.7 Å². The van der Waals surface area contributed by atoms with Gasteiger partial charge in [-0.25, -0.2) is 4.79 Å². The topological polar surface area (TPSA) is 53.6 Å². The molecule has 74 valence electrons. The number of carbonyl (C=O) groups is 1. The van der Waals surface area contributed by atoms with Gasteiger partial charge in [-0.05, 0) is 0 Å². The van der Waals surface area contributed by atoms with Crippen molar-refractivity contribution in [3.05, 3.63) is 0 Å². The molecule has 0 bridgehead atoms. The number of hydrogen-bond acceptors (Lipinski definition) is 3. The Labute approximate surface area is 77.4 Å². The number of nitrogens with one attached hydrogen (secondary N) is 2. The molecule has 5 heteroatoms. The molecule has 0 aromatic rings. The Morgan fingerprint density at radius 1 is 1.54 bits per heavy atom. The van der Waals surface area contributed by atoms with E-state index in [4.69, 9.17) is 4.74 Å². The molecule has 0 aliphatic carbocycles. The van der Waals surface area contributed by atoms with E-state index in [9.17, 15) is 4.79 Å². The molecular weight excluding hydrogens is 170 g/mol. The van der Waals surface area contributed by atoms with Crippen LogP contribution in [0.1, 0.15) is 0 Å². The van der Waals surface area contributed by atoms with Crippen molar-refractivity contribution in [3.8, 4) is 0 Å². The minimum atomic E-state index is 0.0363. The van der Waals surface area contributed by atoms with Crippen LogP contribution in [0.25, 0.3) is 0 Å². The van der Waals surface area contributed by atoms with Crippen LogP contribution in [0.15, 0.2) is 0 Å². The average Bonchev–Trinajstić information content (AvgIpc) is 2.54. The summed E-state index contributed by atoms with van der Waals surface area (Å²) in [5.41, 5.74) is 0. The molecule has 0 aromatic heterocycles. The number of rotatable bonds is 2. The maximum atomic E-state index is 11.2. The van der Waals surface area contributed by atoms with Crippen molar-refractivity contribution in [2.45, 2.75) is 6.10 Å². The summed E-state index contributed by atoms with van der Waals surface area (Å²) in [7, 11) is 0. The third-order valence-corrected chi connectivity index (χ3v) is 2.37. The number of amides is 2. The lowest BCUT2D eigenvalue weighted by Gasteiger charge is -2.27. The van der Waals surface area contributed by atoms with Gasteiger partial charge < -0.3 is 20.3 Å². The fraction of sp³-hybridized carbons (Fsp3) is 0.875. The first-order chi connectivity index (χ1) is 6.36. The highest BCUT2D eigenvalue weighted by Crippen LogP contribution is 2.03. The molecule has 2 saturated heterocycles. The van der Waals surface area contributed by atoms with Crippen LogP contribution in [0.4, 0.5) is 4.79 Å². The Balaban J connectivity index is 1.79. The van der Waals surface area contributed by atoms with Crippen molar-refractivity contribution in [3.63, 3.8) is 0 Å².